The van der Waals surface area contributed by atoms with E-state index in [0.29, 0.717) is 18.8 Å². The van der Waals surface area contributed by atoms with Crippen molar-refractivity contribution in [3.63, 3.8) is 0 Å². The van der Waals surface area contributed by atoms with Crippen molar-refractivity contribution in [2.45, 2.75) is 40.2 Å². The summed E-state index contributed by atoms with van der Waals surface area (Å²) in [6.45, 7) is 10.1. The molecule has 0 aliphatic carbocycles. The molecule has 2 N–H and O–H groups in total. The molecule has 1 rings (SSSR count). The number of nitrogens with one attached hydrogen (secondary N) is 2. The lowest BCUT2D eigenvalue weighted by molar-refractivity contribution is 0.0872. The number of benzene rings is 1. The molecule has 0 fully saturated rings. The first kappa shape index (κ1) is 16.5. The molecule has 0 saturated carbocycles. The number of carbonyl (C=O) groups excluding carboxylic acids is 1. The van der Waals surface area contributed by atoms with E-state index in [1.807, 2.05) is 39.0 Å². The second kappa shape index (κ2) is 8.59. The lowest BCUT2D eigenvalue weighted by Gasteiger charge is -2.16. The number of ether oxygens (including phenoxy) is 1. The van der Waals surface area contributed by atoms with E-state index in [4.69, 9.17) is 4.74 Å². The molecule has 20 heavy (non-hydrogen) atoms. The third kappa shape index (κ3) is 5.21. The molecule has 0 spiro atoms. The van der Waals surface area contributed by atoms with Gasteiger partial charge >= 0.3 is 0 Å². The number of hydrogen-bond donors (Lipinski definition) is 2. The maximum Gasteiger partial charge on any atom is 0.253 e. The van der Waals surface area contributed by atoms with Crippen LogP contribution in [0, 0.1) is 6.92 Å². The minimum absolute atomic E-state index is 0.00257. The predicted molar refractivity (Wildman–Crippen MR) is 83.4 cm³/mol. The van der Waals surface area contributed by atoms with E-state index >= 15 is 0 Å². The third-order valence-corrected chi connectivity index (χ3v) is 2.93. The van der Waals surface area contributed by atoms with E-state index in [-0.39, 0.29) is 11.9 Å². The van der Waals surface area contributed by atoms with E-state index in [1.165, 1.54) is 0 Å². The Labute approximate surface area is 121 Å². The fourth-order valence-corrected chi connectivity index (χ4v) is 1.90. The fourth-order valence-electron chi connectivity index (χ4n) is 1.90. The molecular formula is C16H26N2O2. The van der Waals surface area contributed by atoms with Gasteiger partial charge in [-0.2, -0.15) is 0 Å². The summed E-state index contributed by atoms with van der Waals surface area (Å²) in [4.78, 5) is 12.3. The van der Waals surface area contributed by atoms with Crippen LogP contribution in [0.1, 0.15) is 43.1 Å². The lowest BCUT2D eigenvalue weighted by atomic mass is 10.1. The highest BCUT2D eigenvalue weighted by Gasteiger charge is 2.13. The van der Waals surface area contributed by atoms with E-state index < -0.39 is 0 Å². The summed E-state index contributed by atoms with van der Waals surface area (Å²) < 4.78 is 5.32. The van der Waals surface area contributed by atoms with Crippen LogP contribution in [0.15, 0.2) is 18.2 Å². The monoisotopic (exact) mass is 278 g/mol. The van der Waals surface area contributed by atoms with Gasteiger partial charge in [-0.15, -0.1) is 0 Å². The summed E-state index contributed by atoms with van der Waals surface area (Å²) in [7, 11) is 0. The first-order chi connectivity index (χ1) is 9.58. The van der Waals surface area contributed by atoms with Crippen LogP contribution in [0.5, 0.6) is 0 Å². The normalized spacial score (nSPS) is 12.0. The van der Waals surface area contributed by atoms with E-state index in [0.717, 1.165) is 24.2 Å². The lowest BCUT2D eigenvalue weighted by Crippen LogP contribution is -2.36. The largest absolute Gasteiger partial charge is 0.384 e. The highest BCUT2D eigenvalue weighted by Crippen LogP contribution is 2.17. The average Bonchev–Trinajstić information content (AvgIpc) is 2.42. The number of anilines is 1. The Hall–Kier alpha value is -1.55. The Balaban J connectivity index is 2.75. The van der Waals surface area contributed by atoms with Crippen molar-refractivity contribution < 1.29 is 9.53 Å². The van der Waals surface area contributed by atoms with Gasteiger partial charge in [0.25, 0.3) is 5.91 Å². The topological polar surface area (TPSA) is 50.4 Å². The van der Waals surface area contributed by atoms with Gasteiger partial charge in [-0.25, -0.2) is 0 Å². The summed E-state index contributed by atoms with van der Waals surface area (Å²) in [6, 6.07) is 5.84. The van der Waals surface area contributed by atoms with Crippen LogP contribution in [-0.2, 0) is 4.74 Å². The van der Waals surface area contributed by atoms with Gasteiger partial charge in [-0.3, -0.25) is 4.79 Å². The Bertz CT molecular complexity index is 432. The first-order valence-corrected chi connectivity index (χ1v) is 7.31. The van der Waals surface area contributed by atoms with E-state index in [9.17, 15) is 4.79 Å². The fraction of sp³-hybridized carbons (Fsp3) is 0.562. The Morgan fingerprint density at radius 1 is 1.35 bits per heavy atom. The molecule has 1 atom stereocenters. The highest BCUT2D eigenvalue weighted by atomic mass is 16.5. The van der Waals surface area contributed by atoms with Crippen LogP contribution in [0.4, 0.5) is 5.69 Å². The third-order valence-electron chi connectivity index (χ3n) is 2.93. The molecular weight excluding hydrogens is 252 g/mol. The molecule has 0 aliphatic heterocycles. The second-order valence-corrected chi connectivity index (χ2v) is 5.01. The molecule has 0 radical (unpaired) electrons. The maximum atomic E-state index is 12.3. The predicted octanol–water partition coefficient (Wildman–Crippen LogP) is 2.97. The van der Waals surface area contributed by atoms with Crippen LogP contribution >= 0.6 is 0 Å². The highest BCUT2D eigenvalue weighted by molar-refractivity contribution is 5.99. The molecule has 112 valence electrons. The van der Waals surface area contributed by atoms with E-state index in [1.54, 1.807) is 0 Å². The van der Waals surface area contributed by atoms with Crippen LogP contribution in [0.2, 0.25) is 0 Å². The molecule has 0 bridgehead atoms. The number of hydrogen-bond acceptors (Lipinski definition) is 3. The number of aryl methyl sites for hydroxylation is 1. The van der Waals surface area contributed by atoms with Gasteiger partial charge in [0.15, 0.2) is 0 Å². The zero-order chi connectivity index (χ0) is 15.0. The minimum atomic E-state index is -0.0594. The molecule has 1 amide bonds. The van der Waals surface area contributed by atoms with Crippen molar-refractivity contribution >= 4 is 11.6 Å². The Morgan fingerprint density at radius 3 is 2.75 bits per heavy atom. The zero-order valence-electron chi connectivity index (χ0n) is 13.0. The van der Waals surface area contributed by atoms with Gasteiger partial charge in [-0.1, -0.05) is 13.0 Å². The SMILES string of the molecule is CCCNc1cc(C)ccc1C(=O)NC(C)COCC. The van der Waals surface area contributed by atoms with Gasteiger partial charge in [-0.05, 0) is 44.9 Å². The van der Waals surface area contributed by atoms with Crippen molar-refractivity contribution in [2.24, 2.45) is 0 Å². The standard InChI is InChI=1S/C16H26N2O2/c1-5-9-17-15-10-12(3)7-8-14(15)16(19)18-13(4)11-20-6-2/h7-8,10,13,17H,5-6,9,11H2,1-4H3,(H,18,19). The summed E-state index contributed by atoms with van der Waals surface area (Å²) in [6.07, 6.45) is 1.02. The summed E-state index contributed by atoms with van der Waals surface area (Å²) in [5, 5.41) is 6.27. The summed E-state index contributed by atoms with van der Waals surface area (Å²) >= 11 is 0. The summed E-state index contributed by atoms with van der Waals surface area (Å²) in [5.41, 5.74) is 2.72. The van der Waals surface area contributed by atoms with E-state index in [2.05, 4.69) is 17.6 Å². The molecule has 0 aliphatic rings. The molecule has 1 unspecified atom stereocenters. The minimum Gasteiger partial charge on any atom is -0.384 e. The zero-order valence-corrected chi connectivity index (χ0v) is 13.0. The second-order valence-electron chi connectivity index (χ2n) is 5.01. The molecule has 1 aromatic rings. The molecule has 0 heterocycles. The van der Waals surface area contributed by atoms with Gasteiger partial charge in [0, 0.05) is 24.9 Å². The molecule has 1 aromatic carbocycles. The number of amides is 1. The molecule has 0 aromatic heterocycles. The first-order valence-electron chi connectivity index (χ1n) is 7.31. The van der Waals surface area contributed by atoms with Crippen molar-refractivity contribution in [3.05, 3.63) is 29.3 Å². The van der Waals surface area contributed by atoms with Crippen LogP contribution in [-0.4, -0.2) is 31.7 Å². The molecule has 4 heteroatoms. The van der Waals surface area contributed by atoms with Crippen molar-refractivity contribution in [1.82, 2.24) is 5.32 Å². The van der Waals surface area contributed by atoms with Gasteiger partial charge in [0.1, 0.15) is 0 Å². The Kier molecular flexibility index (Phi) is 7.09. The van der Waals surface area contributed by atoms with Gasteiger partial charge < -0.3 is 15.4 Å². The van der Waals surface area contributed by atoms with Crippen molar-refractivity contribution in [1.29, 1.82) is 0 Å². The molecule has 0 saturated heterocycles. The van der Waals surface area contributed by atoms with Crippen LogP contribution in [0.25, 0.3) is 0 Å². The Morgan fingerprint density at radius 2 is 2.10 bits per heavy atom. The van der Waals surface area contributed by atoms with Gasteiger partial charge in [0.2, 0.25) is 0 Å². The number of rotatable bonds is 8. The maximum absolute atomic E-state index is 12.3. The average molecular weight is 278 g/mol. The quantitative estimate of drug-likeness (QED) is 0.768. The number of carbonyl (C=O) groups is 1. The molecule has 4 nitrogen and oxygen atoms in total. The van der Waals surface area contributed by atoms with Gasteiger partial charge in [0.05, 0.1) is 12.2 Å². The van der Waals surface area contributed by atoms with Crippen molar-refractivity contribution in [2.75, 3.05) is 25.1 Å². The van der Waals surface area contributed by atoms with Crippen molar-refractivity contribution in [3.8, 4) is 0 Å². The summed E-state index contributed by atoms with van der Waals surface area (Å²) in [5.74, 6) is -0.0594. The smallest absolute Gasteiger partial charge is 0.253 e. The van der Waals surface area contributed by atoms with Crippen LogP contribution < -0.4 is 10.6 Å². The van der Waals surface area contributed by atoms with Crippen LogP contribution in [0.3, 0.4) is 0 Å².